The van der Waals surface area contributed by atoms with E-state index in [-0.39, 0.29) is 5.91 Å². The molecule has 0 N–H and O–H groups in total. The highest BCUT2D eigenvalue weighted by Gasteiger charge is 2.19. The van der Waals surface area contributed by atoms with Crippen LogP contribution in [0.2, 0.25) is 5.02 Å². The van der Waals surface area contributed by atoms with Gasteiger partial charge in [-0.1, -0.05) is 23.4 Å². The minimum atomic E-state index is -0.263. The zero-order chi connectivity index (χ0) is 14.8. The standard InChI is InChI=1S/C14H10ClN3O2S/c1-21-14-16-12(11-3-2-8-20-11)17-18(14)13(19)9-4-6-10(15)7-5-9/h2-8H,1H3. The van der Waals surface area contributed by atoms with Crippen molar-refractivity contribution in [1.29, 1.82) is 0 Å². The molecule has 0 bridgehead atoms. The quantitative estimate of drug-likeness (QED) is 0.690. The fraction of sp³-hybridized carbons (Fsp3) is 0.0714. The van der Waals surface area contributed by atoms with Crippen molar-refractivity contribution in [1.82, 2.24) is 14.8 Å². The van der Waals surface area contributed by atoms with Crippen LogP contribution in [0.15, 0.2) is 52.2 Å². The van der Waals surface area contributed by atoms with Gasteiger partial charge in [-0.2, -0.15) is 9.67 Å². The summed E-state index contributed by atoms with van der Waals surface area (Å²) in [6.45, 7) is 0. The number of hydrogen-bond acceptors (Lipinski definition) is 5. The zero-order valence-corrected chi connectivity index (χ0v) is 12.6. The number of furan rings is 1. The summed E-state index contributed by atoms with van der Waals surface area (Å²) in [5.41, 5.74) is 0.491. The lowest BCUT2D eigenvalue weighted by Crippen LogP contribution is -2.14. The molecular formula is C14H10ClN3O2S. The molecule has 2 aromatic heterocycles. The summed E-state index contributed by atoms with van der Waals surface area (Å²) >= 11 is 7.17. The summed E-state index contributed by atoms with van der Waals surface area (Å²) in [4.78, 5) is 16.8. The third-order valence-corrected chi connectivity index (χ3v) is 3.67. The Morgan fingerprint density at radius 1 is 1.29 bits per heavy atom. The largest absolute Gasteiger partial charge is 0.461 e. The number of aromatic nitrogens is 3. The normalized spacial score (nSPS) is 10.8. The van der Waals surface area contributed by atoms with Crippen molar-refractivity contribution in [3.63, 3.8) is 0 Å². The van der Waals surface area contributed by atoms with Crippen LogP contribution >= 0.6 is 23.4 Å². The zero-order valence-electron chi connectivity index (χ0n) is 11.0. The van der Waals surface area contributed by atoms with Gasteiger partial charge in [-0.05, 0) is 42.7 Å². The monoisotopic (exact) mass is 319 g/mol. The smallest absolute Gasteiger partial charge is 0.280 e. The third kappa shape index (κ3) is 2.72. The molecule has 0 spiro atoms. The summed E-state index contributed by atoms with van der Waals surface area (Å²) in [7, 11) is 0. The maximum Gasteiger partial charge on any atom is 0.280 e. The van der Waals surface area contributed by atoms with Crippen LogP contribution in [0.3, 0.4) is 0 Å². The van der Waals surface area contributed by atoms with Gasteiger partial charge in [-0.3, -0.25) is 4.79 Å². The molecule has 3 aromatic rings. The van der Waals surface area contributed by atoms with E-state index in [4.69, 9.17) is 16.0 Å². The number of carbonyl (C=O) groups is 1. The summed E-state index contributed by atoms with van der Waals surface area (Å²) in [6, 6.07) is 10.1. The molecule has 21 heavy (non-hydrogen) atoms. The molecule has 7 heteroatoms. The molecule has 106 valence electrons. The van der Waals surface area contributed by atoms with Crippen molar-refractivity contribution >= 4 is 29.3 Å². The molecule has 0 unspecified atom stereocenters. The fourth-order valence-electron chi connectivity index (χ4n) is 1.79. The van der Waals surface area contributed by atoms with Crippen molar-refractivity contribution in [3.8, 4) is 11.6 Å². The van der Waals surface area contributed by atoms with Crippen LogP contribution in [-0.2, 0) is 0 Å². The van der Waals surface area contributed by atoms with Crippen LogP contribution in [-0.4, -0.2) is 26.9 Å². The minimum Gasteiger partial charge on any atom is -0.461 e. The van der Waals surface area contributed by atoms with Crippen molar-refractivity contribution in [2.24, 2.45) is 0 Å². The molecule has 2 heterocycles. The van der Waals surface area contributed by atoms with Gasteiger partial charge in [0.25, 0.3) is 5.91 Å². The van der Waals surface area contributed by atoms with E-state index in [9.17, 15) is 4.79 Å². The number of halogens is 1. The molecule has 0 fully saturated rings. The fourth-order valence-corrected chi connectivity index (χ4v) is 2.39. The Morgan fingerprint density at radius 2 is 2.05 bits per heavy atom. The Labute approximate surface area is 129 Å². The van der Waals surface area contributed by atoms with Crippen LogP contribution in [0.1, 0.15) is 10.4 Å². The van der Waals surface area contributed by atoms with E-state index in [2.05, 4.69) is 10.1 Å². The highest BCUT2D eigenvalue weighted by Crippen LogP contribution is 2.21. The number of rotatable bonds is 3. The van der Waals surface area contributed by atoms with Crippen LogP contribution in [0.5, 0.6) is 0 Å². The van der Waals surface area contributed by atoms with Crippen LogP contribution in [0.4, 0.5) is 0 Å². The Balaban J connectivity index is 2.01. The van der Waals surface area contributed by atoms with E-state index < -0.39 is 0 Å². The molecule has 0 atom stereocenters. The second-order valence-electron chi connectivity index (χ2n) is 4.12. The van der Waals surface area contributed by atoms with Gasteiger partial charge in [0.2, 0.25) is 5.82 Å². The third-order valence-electron chi connectivity index (χ3n) is 2.79. The lowest BCUT2D eigenvalue weighted by atomic mass is 10.2. The average molecular weight is 320 g/mol. The molecule has 0 radical (unpaired) electrons. The molecule has 0 aliphatic rings. The Kier molecular flexibility index (Phi) is 3.81. The summed E-state index contributed by atoms with van der Waals surface area (Å²) in [5.74, 6) is 0.640. The molecule has 1 aromatic carbocycles. The van der Waals surface area contributed by atoms with E-state index in [1.807, 2.05) is 6.26 Å². The number of nitrogens with zero attached hydrogens (tertiary/aromatic N) is 3. The first-order valence-corrected chi connectivity index (χ1v) is 7.64. The first-order chi connectivity index (χ1) is 10.2. The van der Waals surface area contributed by atoms with Gasteiger partial charge in [-0.15, -0.1) is 5.10 Å². The van der Waals surface area contributed by atoms with E-state index in [0.717, 1.165) is 0 Å². The van der Waals surface area contributed by atoms with Gasteiger partial charge in [0.1, 0.15) is 0 Å². The van der Waals surface area contributed by atoms with E-state index >= 15 is 0 Å². The highest BCUT2D eigenvalue weighted by molar-refractivity contribution is 7.98. The second kappa shape index (κ2) is 5.75. The van der Waals surface area contributed by atoms with E-state index in [1.165, 1.54) is 22.7 Å². The van der Waals surface area contributed by atoms with Crippen molar-refractivity contribution in [2.45, 2.75) is 5.16 Å². The average Bonchev–Trinajstić information content (AvgIpc) is 3.16. The Morgan fingerprint density at radius 3 is 2.67 bits per heavy atom. The number of carbonyl (C=O) groups excluding carboxylic acids is 1. The van der Waals surface area contributed by atoms with Gasteiger partial charge in [0.15, 0.2) is 10.9 Å². The van der Waals surface area contributed by atoms with Crippen LogP contribution in [0, 0.1) is 0 Å². The lowest BCUT2D eigenvalue weighted by molar-refractivity contribution is 0.0933. The molecule has 0 aliphatic heterocycles. The van der Waals surface area contributed by atoms with Gasteiger partial charge < -0.3 is 4.42 Å². The first kappa shape index (κ1) is 13.9. The van der Waals surface area contributed by atoms with E-state index in [0.29, 0.717) is 27.3 Å². The summed E-state index contributed by atoms with van der Waals surface area (Å²) in [6.07, 6.45) is 3.37. The van der Waals surface area contributed by atoms with Crippen LogP contribution in [0.25, 0.3) is 11.6 Å². The molecule has 0 aliphatic carbocycles. The number of hydrogen-bond donors (Lipinski definition) is 0. The van der Waals surface area contributed by atoms with Gasteiger partial charge in [0, 0.05) is 10.6 Å². The Hall–Kier alpha value is -2.05. The minimum absolute atomic E-state index is 0.263. The SMILES string of the molecule is CSc1nc(-c2ccco2)nn1C(=O)c1ccc(Cl)cc1. The maximum absolute atomic E-state index is 12.5. The summed E-state index contributed by atoms with van der Waals surface area (Å²) in [5, 5.41) is 5.31. The van der Waals surface area contributed by atoms with Gasteiger partial charge in [0.05, 0.1) is 6.26 Å². The maximum atomic E-state index is 12.5. The number of thioether (sulfide) groups is 1. The molecule has 5 nitrogen and oxygen atoms in total. The van der Waals surface area contributed by atoms with Crippen LogP contribution < -0.4 is 0 Å². The molecular weight excluding hydrogens is 310 g/mol. The van der Waals surface area contributed by atoms with Crippen molar-refractivity contribution < 1.29 is 9.21 Å². The second-order valence-corrected chi connectivity index (χ2v) is 5.33. The van der Waals surface area contributed by atoms with E-state index in [1.54, 1.807) is 36.4 Å². The molecule has 3 rings (SSSR count). The lowest BCUT2D eigenvalue weighted by Gasteiger charge is -2.02. The predicted molar refractivity (Wildman–Crippen MR) is 80.7 cm³/mol. The molecule has 0 amide bonds. The van der Waals surface area contributed by atoms with Gasteiger partial charge >= 0.3 is 0 Å². The predicted octanol–water partition coefficient (Wildman–Crippen LogP) is 3.60. The summed E-state index contributed by atoms with van der Waals surface area (Å²) < 4.78 is 6.53. The van der Waals surface area contributed by atoms with Crippen molar-refractivity contribution in [2.75, 3.05) is 6.26 Å². The Bertz CT molecular complexity index is 766. The highest BCUT2D eigenvalue weighted by atomic mass is 35.5. The van der Waals surface area contributed by atoms with Crippen molar-refractivity contribution in [3.05, 3.63) is 53.2 Å². The first-order valence-electron chi connectivity index (χ1n) is 6.04. The molecule has 0 saturated carbocycles. The topological polar surface area (TPSA) is 60.9 Å². The van der Waals surface area contributed by atoms with Gasteiger partial charge in [-0.25, -0.2) is 0 Å². The number of benzene rings is 1. The molecule has 0 saturated heterocycles.